The number of rotatable bonds is 2. The van der Waals surface area contributed by atoms with Crippen molar-refractivity contribution < 1.29 is 9.53 Å². The summed E-state index contributed by atoms with van der Waals surface area (Å²) in [6.45, 7) is 5.47. The molecule has 1 aromatic carbocycles. The molecule has 0 heterocycles. The van der Waals surface area contributed by atoms with Gasteiger partial charge in [0.25, 0.3) is 0 Å². The van der Waals surface area contributed by atoms with Crippen LogP contribution in [-0.4, -0.2) is 11.6 Å². The fourth-order valence-corrected chi connectivity index (χ4v) is 1.70. The second kappa shape index (κ2) is 5.69. The summed E-state index contributed by atoms with van der Waals surface area (Å²) in [4.78, 5) is 11.5. The smallest absolute Gasteiger partial charge is 0.331 e. The fourth-order valence-electron chi connectivity index (χ4n) is 1.14. The van der Waals surface area contributed by atoms with Crippen LogP contribution in [-0.2, 0) is 9.53 Å². The molecule has 0 atom stereocenters. The van der Waals surface area contributed by atoms with E-state index in [9.17, 15) is 4.79 Å². The van der Waals surface area contributed by atoms with E-state index in [0.29, 0.717) is 5.02 Å². The van der Waals surface area contributed by atoms with E-state index in [1.165, 1.54) is 6.08 Å². The quantitative estimate of drug-likeness (QED) is 0.595. The summed E-state index contributed by atoms with van der Waals surface area (Å²) in [5.74, 6) is -0.381. The van der Waals surface area contributed by atoms with Crippen LogP contribution in [0.15, 0.2) is 28.7 Å². The van der Waals surface area contributed by atoms with E-state index in [-0.39, 0.29) is 5.97 Å². The predicted octanol–water partition coefficient (Wildman–Crippen LogP) is 4.46. The molecule has 0 fully saturated rings. The van der Waals surface area contributed by atoms with Crippen LogP contribution in [0.4, 0.5) is 0 Å². The molecule has 0 aliphatic rings. The second-order valence-electron chi connectivity index (χ2n) is 4.53. The van der Waals surface area contributed by atoms with Crippen molar-refractivity contribution in [3.8, 4) is 0 Å². The van der Waals surface area contributed by atoms with Crippen molar-refractivity contribution in [3.05, 3.63) is 39.3 Å². The molecular weight excluding hydrogens is 303 g/mol. The van der Waals surface area contributed by atoms with Crippen LogP contribution >= 0.6 is 27.5 Å². The van der Waals surface area contributed by atoms with Crippen LogP contribution in [0.5, 0.6) is 0 Å². The fraction of sp³-hybridized carbons (Fsp3) is 0.308. The maximum Gasteiger partial charge on any atom is 0.331 e. The first-order chi connectivity index (χ1) is 7.78. The molecule has 0 spiro atoms. The summed E-state index contributed by atoms with van der Waals surface area (Å²) in [7, 11) is 0. The molecule has 2 nitrogen and oxygen atoms in total. The summed E-state index contributed by atoms with van der Waals surface area (Å²) in [5, 5.41) is 0.591. The monoisotopic (exact) mass is 316 g/mol. The van der Waals surface area contributed by atoms with Gasteiger partial charge in [-0.2, -0.15) is 0 Å². The molecule has 0 amide bonds. The summed E-state index contributed by atoms with van der Waals surface area (Å²) in [6, 6.07) is 5.44. The highest BCUT2D eigenvalue weighted by atomic mass is 79.9. The molecule has 0 aromatic heterocycles. The Labute approximate surface area is 115 Å². The van der Waals surface area contributed by atoms with E-state index in [1.54, 1.807) is 12.1 Å². The van der Waals surface area contributed by atoms with E-state index in [4.69, 9.17) is 16.3 Å². The second-order valence-corrected chi connectivity index (χ2v) is 5.86. The van der Waals surface area contributed by atoms with Gasteiger partial charge in [0.15, 0.2) is 0 Å². The third-order valence-corrected chi connectivity index (χ3v) is 2.60. The zero-order chi connectivity index (χ0) is 13.1. The lowest BCUT2D eigenvalue weighted by molar-refractivity contribution is -0.148. The van der Waals surface area contributed by atoms with E-state index in [1.807, 2.05) is 32.9 Å². The van der Waals surface area contributed by atoms with Crippen molar-refractivity contribution in [1.82, 2.24) is 0 Å². The van der Waals surface area contributed by atoms with Crippen LogP contribution in [0.3, 0.4) is 0 Å². The Morgan fingerprint density at radius 2 is 2.06 bits per heavy atom. The zero-order valence-electron chi connectivity index (χ0n) is 9.96. The average Bonchev–Trinajstić information content (AvgIpc) is 2.17. The Morgan fingerprint density at radius 3 is 2.65 bits per heavy atom. The number of hydrogen-bond acceptors (Lipinski definition) is 2. The number of esters is 1. The number of ether oxygens (including phenoxy) is 1. The molecule has 1 aromatic rings. The summed E-state index contributed by atoms with van der Waals surface area (Å²) in [5.41, 5.74) is 0.287. The number of halogens is 2. The summed E-state index contributed by atoms with van der Waals surface area (Å²) < 4.78 is 6.06. The van der Waals surface area contributed by atoms with Crippen LogP contribution in [0.2, 0.25) is 5.02 Å². The molecule has 0 bridgehead atoms. The Morgan fingerprint density at radius 1 is 1.41 bits per heavy atom. The number of carbonyl (C=O) groups excluding carboxylic acids is 1. The van der Waals surface area contributed by atoms with Crippen LogP contribution in [0.25, 0.3) is 6.08 Å². The highest BCUT2D eigenvalue weighted by molar-refractivity contribution is 9.10. The Balaban J connectivity index is 2.77. The van der Waals surface area contributed by atoms with Crippen LogP contribution < -0.4 is 0 Å². The lowest BCUT2D eigenvalue weighted by Gasteiger charge is -2.17. The topological polar surface area (TPSA) is 26.3 Å². The van der Waals surface area contributed by atoms with Gasteiger partial charge in [0, 0.05) is 15.6 Å². The molecular formula is C13H14BrClO2. The minimum atomic E-state index is -0.484. The van der Waals surface area contributed by atoms with E-state index >= 15 is 0 Å². The predicted molar refractivity (Wildman–Crippen MR) is 74.0 cm³/mol. The largest absolute Gasteiger partial charge is 0.457 e. The number of benzene rings is 1. The van der Waals surface area contributed by atoms with E-state index in [2.05, 4.69) is 15.9 Å². The van der Waals surface area contributed by atoms with Gasteiger partial charge in [-0.05, 0) is 50.6 Å². The molecule has 92 valence electrons. The van der Waals surface area contributed by atoms with Gasteiger partial charge < -0.3 is 4.74 Å². The summed E-state index contributed by atoms with van der Waals surface area (Å²) >= 11 is 9.33. The Bertz CT molecular complexity index is 447. The first-order valence-electron chi connectivity index (χ1n) is 5.14. The SMILES string of the molecule is CC(C)(C)OC(=O)C=Cc1cc(Br)ccc1Cl. The number of carbonyl (C=O) groups is 1. The third-order valence-electron chi connectivity index (χ3n) is 1.76. The molecule has 4 heteroatoms. The lowest BCUT2D eigenvalue weighted by atomic mass is 10.2. The van der Waals surface area contributed by atoms with Gasteiger partial charge in [0.05, 0.1) is 0 Å². The molecule has 0 N–H and O–H groups in total. The van der Waals surface area contributed by atoms with Crippen molar-refractivity contribution in [2.75, 3.05) is 0 Å². The molecule has 0 aliphatic carbocycles. The Hall–Kier alpha value is -0.800. The maximum absolute atomic E-state index is 11.5. The first kappa shape index (κ1) is 14.3. The van der Waals surface area contributed by atoms with Gasteiger partial charge >= 0.3 is 5.97 Å². The van der Waals surface area contributed by atoms with Crippen molar-refractivity contribution in [1.29, 1.82) is 0 Å². The first-order valence-corrected chi connectivity index (χ1v) is 6.31. The molecule has 0 saturated heterocycles. The molecule has 17 heavy (non-hydrogen) atoms. The summed E-state index contributed by atoms with van der Waals surface area (Å²) in [6.07, 6.45) is 3.01. The molecule has 0 radical (unpaired) electrons. The normalized spacial score (nSPS) is 11.8. The van der Waals surface area contributed by atoms with Gasteiger partial charge in [0.2, 0.25) is 0 Å². The Kier molecular flexibility index (Phi) is 4.78. The highest BCUT2D eigenvalue weighted by Gasteiger charge is 2.13. The van der Waals surface area contributed by atoms with Gasteiger partial charge in [-0.3, -0.25) is 0 Å². The van der Waals surface area contributed by atoms with Crippen molar-refractivity contribution in [2.45, 2.75) is 26.4 Å². The van der Waals surface area contributed by atoms with Crippen molar-refractivity contribution in [2.24, 2.45) is 0 Å². The van der Waals surface area contributed by atoms with Crippen LogP contribution in [0.1, 0.15) is 26.3 Å². The van der Waals surface area contributed by atoms with E-state index in [0.717, 1.165) is 10.0 Å². The van der Waals surface area contributed by atoms with Gasteiger partial charge in [-0.1, -0.05) is 27.5 Å². The minimum Gasteiger partial charge on any atom is -0.457 e. The lowest BCUT2D eigenvalue weighted by Crippen LogP contribution is -2.22. The minimum absolute atomic E-state index is 0.381. The van der Waals surface area contributed by atoms with Crippen molar-refractivity contribution >= 4 is 39.6 Å². The highest BCUT2D eigenvalue weighted by Crippen LogP contribution is 2.22. The molecule has 0 saturated carbocycles. The average molecular weight is 318 g/mol. The third kappa shape index (κ3) is 5.37. The van der Waals surface area contributed by atoms with E-state index < -0.39 is 5.60 Å². The van der Waals surface area contributed by atoms with Gasteiger partial charge in [-0.25, -0.2) is 4.79 Å². The number of hydrogen-bond donors (Lipinski definition) is 0. The standard InChI is InChI=1S/C13H14BrClO2/c1-13(2,3)17-12(16)7-4-9-8-10(14)5-6-11(9)15/h4-8H,1-3H3. The van der Waals surface area contributed by atoms with Gasteiger partial charge in [-0.15, -0.1) is 0 Å². The molecule has 0 unspecified atom stereocenters. The van der Waals surface area contributed by atoms with Gasteiger partial charge in [0.1, 0.15) is 5.60 Å². The maximum atomic E-state index is 11.5. The van der Waals surface area contributed by atoms with Crippen LogP contribution in [0, 0.1) is 0 Å². The van der Waals surface area contributed by atoms with Crippen molar-refractivity contribution in [3.63, 3.8) is 0 Å². The zero-order valence-corrected chi connectivity index (χ0v) is 12.3. The molecule has 0 aliphatic heterocycles. The molecule has 1 rings (SSSR count).